The standard InChI is InChI=1S/C33H33N3O8/c1-36(2)27-21-13-17-12-20-19(23-11-8-18(44-23)15-35-14-16-6-4-3-5-7-16)9-10-22(37)25(20)28(38)24(17)30(40)33(21,43)31(41)26(29(27)39)32(34)42/h3-11,17,21,27,35,37,39-40,43H,12-15H2,1-2H3,(H2,34,42). The van der Waals surface area contributed by atoms with Gasteiger partial charge in [0.25, 0.3) is 5.91 Å². The van der Waals surface area contributed by atoms with E-state index >= 15 is 0 Å². The van der Waals surface area contributed by atoms with Crippen LogP contribution in [0.15, 0.2) is 81.7 Å². The molecule has 0 fully saturated rings. The summed E-state index contributed by atoms with van der Waals surface area (Å²) in [5.74, 6) is -5.72. The molecule has 1 amide bonds. The molecule has 0 radical (unpaired) electrons. The van der Waals surface area contributed by atoms with Crippen molar-refractivity contribution in [2.45, 2.75) is 37.6 Å². The van der Waals surface area contributed by atoms with Crippen molar-refractivity contribution in [3.63, 3.8) is 0 Å². The summed E-state index contributed by atoms with van der Waals surface area (Å²) in [7, 11) is 3.18. The summed E-state index contributed by atoms with van der Waals surface area (Å²) < 4.78 is 6.13. The summed E-state index contributed by atoms with van der Waals surface area (Å²) in [5, 5.41) is 48.3. The number of aliphatic hydroxyl groups excluding tert-OH is 2. The molecule has 3 aliphatic carbocycles. The Morgan fingerprint density at radius 2 is 1.77 bits per heavy atom. The number of aromatic hydroxyl groups is 1. The van der Waals surface area contributed by atoms with E-state index in [-0.39, 0.29) is 29.7 Å². The van der Waals surface area contributed by atoms with E-state index in [1.165, 1.54) is 11.0 Å². The fourth-order valence-electron chi connectivity index (χ4n) is 7.03. The van der Waals surface area contributed by atoms with Gasteiger partial charge in [-0.3, -0.25) is 19.3 Å². The van der Waals surface area contributed by atoms with Crippen molar-refractivity contribution in [3.8, 4) is 17.1 Å². The number of nitrogens with one attached hydrogen (secondary N) is 1. The predicted octanol–water partition coefficient (Wildman–Crippen LogP) is 2.67. The highest BCUT2D eigenvalue weighted by Gasteiger charge is 2.63. The van der Waals surface area contributed by atoms with Crippen molar-refractivity contribution in [2.75, 3.05) is 14.1 Å². The van der Waals surface area contributed by atoms with Crippen molar-refractivity contribution in [1.82, 2.24) is 10.2 Å². The number of fused-ring (bicyclic) bond motifs is 3. The first-order valence-corrected chi connectivity index (χ1v) is 14.3. The minimum atomic E-state index is -2.68. The van der Waals surface area contributed by atoms with E-state index < -0.39 is 58.0 Å². The second kappa shape index (κ2) is 10.8. The number of allylic oxidation sites excluding steroid dienone is 1. The topological polar surface area (TPSA) is 187 Å². The summed E-state index contributed by atoms with van der Waals surface area (Å²) in [6.45, 7) is 1.11. The molecule has 44 heavy (non-hydrogen) atoms. The number of hydrogen-bond donors (Lipinski definition) is 6. The normalized spacial score (nSPS) is 24.8. The third kappa shape index (κ3) is 4.43. The highest BCUT2D eigenvalue weighted by molar-refractivity contribution is 6.24. The van der Waals surface area contributed by atoms with Crippen LogP contribution in [0.25, 0.3) is 11.3 Å². The summed E-state index contributed by atoms with van der Waals surface area (Å²) in [4.78, 5) is 41.1. The van der Waals surface area contributed by atoms with E-state index in [0.717, 1.165) is 5.56 Å². The van der Waals surface area contributed by atoms with Crippen LogP contribution in [0, 0.1) is 11.8 Å². The molecule has 228 valence electrons. The smallest absolute Gasteiger partial charge is 0.255 e. The summed E-state index contributed by atoms with van der Waals surface area (Å²) >= 11 is 0. The lowest BCUT2D eigenvalue weighted by Crippen LogP contribution is -2.63. The molecule has 7 N–H and O–H groups in total. The van der Waals surface area contributed by atoms with Crippen molar-refractivity contribution in [1.29, 1.82) is 0 Å². The van der Waals surface area contributed by atoms with Gasteiger partial charge in [-0.1, -0.05) is 30.3 Å². The quantitative estimate of drug-likeness (QED) is 0.221. The maximum atomic E-state index is 14.0. The molecule has 1 aromatic heterocycles. The first kappa shape index (κ1) is 29.4. The lowest BCUT2D eigenvalue weighted by molar-refractivity contribution is -0.148. The Labute approximate surface area is 252 Å². The SMILES string of the molecule is CN(C)C1C(O)=C(C(N)=O)C(=O)C2(O)C(O)=C3C(=O)c4c(O)ccc(-c5ccc(CNCc6ccccc6)o5)c4CC3CC12. The molecule has 0 aliphatic heterocycles. The Hall–Kier alpha value is -4.71. The third-order valence-corrected chi connectivity index (χ3v) is 9.00. The number of primary amides is 1. The molecular weight excluding hydrogens is 566 g/mol. The largest absolute Gasteiger partial charge is 0.510 e. The number of rotatable bonds is 7. The van der Waals surface area contributed by atoms with Gasteiger partial charge in [-0.2, -0.15) is 0 Å². The van der Waals surface area contributed by atoms with Crippen LogP contribution in [-0.2, 0) is 29.1 Å². The Bertz CT molecular complexity index is 1760. The number of phenolic OH excluding ortho intramolecular Hbond substituents is 1. The van der Waals surface area contributed by atoms with Crippen molar-refractivity contribution in [3.05, 3.63) is 99.7 Å². The molecule has 11 heteroatoms. The second-order valence-electron chi connectivity index (χ2n) is 11.8. The number of aliphatic hydroxyl groups is 3. The van der Waals surface area contributed by atoms with Gasteiger partial charge in [0.1, 0.15) is 34.4 Å². The van der Waals surface area contributed by atoms with Crippen LogP contribution in [0.2, 0.25) is 0 Å². The van der Waals surface area contributed by atoms with Crippen LogP contribution in [0.4, 0.5) is 0 Å². The van der Waals surface area contributed by atoms with Crippen LogP contribution in [0.3, 0.4) is 0 Å². The van der Waals surface area contributed by atoms with Gasteiger partial charge in [-0.15, -0.1) is 0 Å². The van der Waals surface area contributed by atoms with E-state index in [9.17, 15) is 34.8 Å². The van der Waals surface area contributed by atoms with Crippen LogP contribution < -0.4 is 11.1 Å². The summed E-state index contributed by atoms with van der Waals surface area (Å²) in [6.07, 6.45) is 0.175. The van der Waals surface area contributed by atoms with E-state index in [1.54, 1.807) is 26.2 Å². The fraction of sp³-hybridized carbons (Fsp3) is 0.303. The van der Waals surface area contributed by atoms with Crippen LogP contribution in [0.5, 0.6) is 5.75 Å². The minimum Gasteiger partial charge on any atom is -0.510 e. The third-order valence-electron chi connectivity index (χ3n) is 9.00. The number of amides is 1. The molecule has 11 nitrogen and oxygen atoms in total. The Kier molecular flexibility index (Phi) is 7.19. The molecule has 6 rings (SSSR count). The average molecular weight is 600 g/mol. The molecule has 4 unspecified atom stereocenters. The number of likely N-dealkylation sites (N-methyl/N-ethyl adjacent to an activating group) is 1. The molecule has 3 aliphatic rings. The molecule has 2 aromatic carbocycles. The number of hydrogen-bond acceptors (Lipinski definition) is 10. The molecule has 1 heterocycles. The van der Waals surface area contributed by atoms with Crippen LogP contribution in [-0.4, -0.2) is 68.5 Å². The average Bonchev–Trinajstić information content (AvgIpc) is 3.44. The van der Waals surface area contributed by atoms with Gasteiger partial charge in [0.15, 0.2) is 11.4 Å². The monoisotopic (exact) mass is 599 g/mol. The molecule has 4 atom stereocenters. The van der Waals surface area contributed by atoms with Gasteiger partial charge >= 0.3 is 0 Å². The zero-order chi connectivity index (χ0) is 31.5. The van der Waals surface area contributed by atoms with Crippen LogP contribution >= 0.6 is 0 Å². The number of carbonyl (C=O) groups excluding carboxylic acids is 3. The van der Waals surface area contributed by atoms with E-state index in [2.05, 4.69) is 5.32 Å². The number of phenols is 1. The number of nitrogens with two attached hydrogens (primary N) is 1. The lowest BCUT2D eigenvalue weighted by atomic mass is 9.58. The lowest BCUT2D eigenvalue weighted by Gasteiger charge is -2.50. The first-order chi connectivity index (χ1) is 20.9. The van der Waals surface area contributed by atoms with Crippen molar-refractivity contribution in [2.24, 2.45) is 17.6 Å². The minimum absolute atomic E-state index is 0.00761. The van der Waals surface area contributed by atoms with Crippen molar-refractivity contribution >= 4 is 17.5 Å². The highest BCUT2D eigenvalue weighted by Crippen LogP contribution is 2.53. The fourth-order valence-corrected chi connectivity index (χ4v) is 7.03. The maximum Gasteiger partial charge on any atom is 0.255 e. The number of furan rings is 1. The molecule has 0 spiro atoms. The number of carbonyl (C=O) groups is 3. The Morgan fingerprint density at radius 3 is 2.45 bits per heavy atom. The Balaban J connectivity index is 1.37. The van der Waals surface area contributed by atoms with Gasteiger partial charge < -0.3 is 35.9 Å². The maximum absolute atomic E-state index is 14.0. The zero-order valence-electron chi connectivity index (χ0n) is 24.2. The van der Waals surface area contributed by atoms with E-state index in [1.807, 2.05) is 36.4 Å². The Morgan fingerprint density at radius 1 is 1.05 bits per heavy atom. The van der Waals surface area contributed by atoms with Gasteiger partial charge in [-0.05, 0) is 68.2 Å². The van der Waals surface area contributed by atoms with Crippen molar-refractivity contribution < 1.29 is 39.2 Å². The molecule has 0 bridgehead atoms. The number of nitrogens with zero attached hydrogens (tertiary/aromatic N) is 1. The summed E-state index contributed by atoms with van der Waals surface area (Å²) in [5.41, 5.74) is 3.81. The number of benzene rings is 2. The van der Waals surface area contributed by atoms with Gasteiger partial charge in [0, 0.05) is 23.6 Å². The zero-order valence-corrected chi connectivity index (χ0v) is 24.2. The van der Waals surface area contributed by atoms with Gasteiger partial charge in [0.05, 0.1) is 18.2 Å². The predicted molar refractivity (Wildman–Crippen MR) is 158 cm³/mol. The molecule has 3 aromatic rings. The van der Waals surface area contributed by atoms with Crippen LogP contribution in [0.1, 0.15) is 33.7 Å². The molecule has 0 saturated carbocycles. The first-order valence-electron chi connectivity index (χ1n) is 14.3. The van der Waals surface area contributed by atoms with Gasteiger partial charge in [-0.25, -0.2) is 0 Å². The van der Waals surface area contributed by atoms with E-state index in [0.29, 0.717) is 35.7 Å². The number of Topliss-reactive ketones (excluding diaryl/α,β-unsaturated/α-hetero) is 2. The van der Waals surface area contributed by atoms with Gasteiger partial charge in [0.2, 0.25) is 5.78 Å². The molecular formula is C33H33N3O8. The number of ketones is 2. The summed E-state index contributed by atoms with van der Waals surface area (Å²) in [6, 6.07) is 15.5. The molecule has 0 saturated heterocycles. The highest BCUT2D eigenvalue weighted by atomic mass is 16.4. The van der Waals surface area contributed by atoms with E-state index in [4.69, 9.17) is 10.2 Å². The second-order valence-corrected chi connectivity index (χ2v) is 11.8.